The molecule has 3 rings (SSSR count). The zero-order chi connectivity index (χ0) is 16.1. The van der Waals surface area contributed by atoms with E-state index in [1.165, 1.54) is 5.56 Å². The molecule has 1 fully saturated rings. The highest BCUT2D eigenvalue weighted by Gasteiger charge is 2.19. The van der Waals surface area contributed by atoms with Crippen LogP contribution in [-0.4, -0.2) is 41.2 Å². The van der Waals surface area contributed by atoms with E-state index in [1.807, 2.05) is 31.3 Å². The highest BCUT2D eigenvalue weighted by molar-refractivity contribution is 6.30. The van der Waals surface area contributed by atoms with Crippen LogP contribution in [0.1, 0.15) is 17.1 Å². The van der Waals surface area contributed by atoms with Gasteiger partial charge in [0.2, 0.25) is 0 Å². The average molecular weight is 332 g/mol. The number of rotatable bonds is 4. The first-order valence-electron chi connectivity index (χ1n) is 8.02. The van der Waals surface area contributed by atoms with Gasteiger partial charge in [0.25, 0.3) is 0 Å². The third kappa shape index (κ3) is 4.99. The lowest BCUT2D eigenvalue weighted by molar-refractivity contribution is 0.121. The van der Waals surface area contributed by atoms with Crippen LogP contribution in [0.25, 0.3) is 0 Å². The summed E-state index contributed by atoms with van der Waals surface area (Å²) >= 11 is 5.96. The van der Waals surface area contributed by atoms with Gasteiger partial charge in [-0.25, -0.2) is 9.97 Å². The Balaban J connectivity index is 1.62. The van der Waals surface area contributed by atoms with E-state index < -0.39 is 0 Å². The number of hydrogen-bond acceptors (Lipinski definition) is 4. The van der Waals surface area contributed by atoms with Crippen molar-refractivity contribution < 1.29 is 4.74 Å². The molecule has 2 heterocycles. The number of halogens is 1. The van der Waals surface area contributed by atoms with Gasteiger partial charge in [-0.05, 0) is 37.1 Å². The monoisotopic (exact) mass is 331 g/mol. The molecule has 0 N–H and O–H groups in total. The van der Waals surface area contributed by atoms with Crippen molar-refractivity contribution in [1.82, 2.24) is 14.9 Å². The van der Waals surface area contributed by atoms with Gasteiger partial charge in [0.15, 0.2) is 0 Å². The Hall–Kier alpha value is -1.49. The van der Waals surface area contributed by atoms with E-state index in [9.17, 15) is 0 Å². The molecule has 0 saturated carbocycles. The summed E-state index contributed by atoms with van der Waals surface area (Å²) in [7, 11) is 0. The second kappa shape index (κ2) is 7.86. The van der Waals surface area contributed by atoms with Crippen LogP contribution in [-0.2, 0) is 17.7 Å². The van der Waals surface area contributed by atoms with Gasteiger partial charge in [-0.2, -0.15) is 0 Å². The van der Waals surface area contributed by atoms with Crippen molar-refractivity contribution in [3.63, 3.8) is 0 Å². The summed E-state index contributed by atoms with van der Waals surface area (Å²) in [6, 6.07) is 10.1. The predicted octanol–water partition coefficient (Wildman–Crippen LogP) is 3.13. The van der Waals surface area contributed by atoms with E-state index in [2.05, 4.69) is 27.0 Å². The fourth-order valence-electron chi connectivity index (χ4n) is 2.98. The summed E-state index contributed by atoms with van der Waals surface area (Å²) in [5, 5.41) is 0.782. The Morgan fingerprint density at radius 3 is 2.87 bits per heavy atom. The first kappa shape index (κ1) is 16.4. The largest absolute Gasteiger partial charge is 0.380 e. The summed E-state index contributed by atoms with van der Waals surface area (Å²) in [5.74, 6) is 1.29. The van der Waals surface area contributed by atoms with Gasteiger partial charge in [0, 0.05) is 42.5 Å². The Bertz CT molecular complexity index is 632. The van der Waals surface area contributed by atoms with Gasteiger partial charge < -0.3 is 4.74 Å². The zero-order valence-electron chi connectivity index (χ0n) is 13.4. The molecule has 1 aromatic carbocycles. The van der Waals surface area contributed by atoms with E-state index >= 15 is 0 Å². The van der Waals surface area contributed by atoms with Gasteiger partial charge in [-0.1, -0.05) is 23.7 Å². The number of hydrogen-bond donors (Lipinski definition) is 0. The molecule has 0 bridgehead atoms. The maximum Gasteiger partial charge on any atom is 0.125 e. The maximum absolute atomic E-state index is 5.96. The Kier molecular flexibility index (Phi) is 5.60. The summed E-state index contributed by atoms with van der Waals surface area (Å²) in [6.07, 6.45) is 2.77. The molecule has 23 heavy (non-hydrogen) atoms. The van der Waals surface area contributed by atoms with Crippen molar-refractivity contribution in [1.29, 1.82) is 0 Å². The molecule has 122 valence electrons. The molecule has 2 aromatic rings. The molecule has 1 unspecified atom stereocenters. The Labute approximate surface area is 142 Å². The quantitative estimate of drug-likeness (QED) is 0.862. The van der Waals surface area contributed by atoms with Crippen molar-refractivity contribution in [3.05, 3.63) is 58.6 Å². The molecule has 0 spiro atoms. The van der Waals surface area contributed by atoms with E-state index in [-0.39, 0.29) is 0 Å². The van der Waals surface area contributed by atoms with Crippen LogP contribution in [0.2, 0.25) is 5.02 Å². The first-order chi connectivity index (χ1) is 11.2. The molecule has 1 aliphatic rings. The SMILES string of the molecule is Cc1nccc(CC2COCCN(Cc3ccc(Cl)cc3)C2)n1. The van der Waals surface area contributed by atoms with Gasteiger partial charge >= 0.3 is 0 Å². The van der Waals surface area contributed by atoms with E-state index in [0.717, 1.165) is 55.8 Å². The first-order valence-corrected chi connectivity index (χ1v) is 8.40. The second-order valence-corrected chi connectivity index (χ2v) is 6.54. The van der Waals surface area contributed by atoms with E-state index in [0.29, 0.717) is 5.92 Å². The zero-order valence-corrected chi connectivity index (χ0v) is 14.2. The summed E-state index contributed by atoms with van der Waals surface area (Å²) in [6.45, 7) is 6.42. The van der Waals surface area contributed by atoms with E-state index in [4.69, 9.17) is 16.3 Å². The minimum absolute atomic E-state index is 0.458. The molecule has 1 aliphatic heterocycles. The third-order valence-corrected chi connectivity index (χ3v) is 4.32. The van der Waals surface area contributed by atoms with Crippen molar-refractivity contribution in [2.45, 2.75) is 19.9 Å². The van der Waals surface area contributed by atoms with Crippen LogP contribution in [0.15, 0.2) is 36.5 Å². The van der Waals surface area contributed by atoms with Crippen LogP contribution in [0.5, 0.6) is 0 Å². The van der Waals surface area contributed by atoms with Gasteiger partial charge in [0.05, 0.1) is 13.2 Å². The van der Waals surface area contributed by atoms with Crippen molar-refractivity contribution >= 4 is 11.6 Å². The molecule has 0 aliphatic carbocycles. The lowest BCUT2D eigenvalue weighted by Crippen LogP contribution is -2.30. The Morgan fingerprint density at radius 1 is 1.26 bits per heavy atom. The number of ether oxygens (including phenoxy) is 1. The normalized spacial score (nSPS) is 19.5. The molecule has 1 aromatic heterocycles. The van der Waals surface area contributed by atoms with E-state index in [1.54, 1.807) is 0 Å². The Morgan fingerprint density at radius 2 is 2.09 bits per heavy atom. The summed E-state index contributed by atoms with van der Waals surface area (Å²) in [5.41, 5.74) is 2.38. The molecular formula is C18H22ClN3O. The fourth-order valence-corrected chi connectivity index (χ4v) is 3.11. The maximum atomic E-state index is 5.96. The predicted molar refractivity (Wildman–Crippen MR) is 91.5 cm³/mol. The van der Waals surface area contributed by atoms with Crippen LogP contribution >= 0.6 is 11.6 Å². The fraction of sp³-hybridized carbons (Fsp3) is 0.444. The molecule has 1 atom stereocenters. The number of nitrogens with zero attached hydrogens (tertiary/aromatic N) is 3. The highest BCUT2D eigenvalue weighted by atomic mass is 35.5. The van der Waals surface area contributed by atoms with Crippen molar-refractivity contribution in [2.24, 2.45) is 5.92 Å². The number of aryl methyl sites for hydroxylation is 1. The van der Waals surface area contributed by atoms with Crippen LogP contribution < -0.4 is 0 Å². The third-order valence-electron chi connectivity index (χ3n) is 4.07. The smallest absolute Gasteiger partial charge is 0.125 e. The molecule has 0 amide bonds. The van der Waals surface area contributed by atoms with Crippen LogP contribution in [0.3, 0.4) is 0 Å². The lowest BCUT2D eigenvalue weighted by atomic mass is 10.0. The molecule has 5 heteroatoms. The van der Waals surface area contributed by atoms with Gasteiger partial charge in [-0.15, -0.1) is 0 Å². The second-order valence-electron chi connectivity index (χ2n) is 6.10. The van der Waals surface area contributed by atoms with Crippen molar-refractivity contribution in [2.75, 3.05) is 26.3 Å². The summed E-state index contributed by atoms with van der Waals surface area (Å²) in [4.78, 5) is 11.1. The van der Waals surface area contributed by atoms with Crippen molar-refractivity contribution in [3.8, 4) is 0 Å². The molecule has 0 radical (unpaired) electrons. The van der Waals surface area contributed by atoms with Gasteiger partial charge in [0.1, 0.15) is 5.82 Å². The topological polar surface area (TPSA) is 38.2 Å². The van der Waals surface area contributed by atoms with Crippen LogP contribution in [0, 0.1) is 12.8 Å². The molecule has 4 nitrogen and oxygen atoms in total. The minimum Gasteiger partial charge on any atom is -0.380 e. The highest BCUT2D eigenvalue weighted by Crippen LogP contribution is 2.16. The summed E-state index contributed by atoms with van der Waals surface area (Å²) < 4.78 is 5.79. The molecule has 1 saturated heterocycles. The van der Waals surface area contributed by atoms with Gasteiger partial charge in [-0.3, -0.25) is 4.90 Å². The standard InChI is InChI=1S/C18H22ClN3O/c1-14-20-7-6-18(21-14)10-16-12-22(8-9-23-13-16)11-15-2-4-17(19)5-3-15/h2-7,16H,8-13H2,1H3. The number of aromatic nitrogens is 2. The number of benzene rings is 1. The lowest BCUT2D eigenvalue weighted by Gasteiger charge is -2.23. The van der Waals surface area contributed by atoms with Crippen LogP contribution in [0.4, 0.5) is 0 Å². The molecular weight excluding hydrogens is 310 g/mol. The average Bonchev–Trinajstić information content (AvgIpc) is 2.75. The minimum atomic E-state index is 0.458.